The number of nitrogens with one attached hydrogen (secondary N) is 1. The molecule has 5 rings (SSSR count). The first kappa shape index (κ1) is 22.7. The van der Waals surface area contributed by atoms with Gasteiger partial charge in [-0.25, -0.2) is 9.98 Å². The van der Waals surface area contributed by atoms with Gasteiger partial charge in [0.15, 0.2) is 5.17 Å². The molecule has 3 aliphatic heterocycles. The molecule has 174 valence electrons. The first-order valence-corrected chi connectivity index (χ1v) is 12.5. The number of aromatic nitrogens is 1. The van der Waals surface area contributed by atoms with Crippen molar-refractivity contribution in [1.82, 2.24) is 10.3 Å². The van der Waals surface area contributed by atoms with E-state index in [0.717, 1.165) is 54.1 Å². The Hall–Kier alpha value is -2.13. The third kappa shape index (κ3) is 3.93. The lowest BCUT2D eigenvalue weighted by molar-refractivity contribution is 0.130. The summed E-state index contributed by atoms with van der Waals surface area (Å²) >= 11 is 15.0. The van der Waals surface area contributed by atoms with E-state index < -0.39 is 0 Å². The Morgan fingerprint density at radius 1 is 1.15 bits per heavy atom. The fraction of sp³-hybridized carbons (Fsp3) is 0.391. The molecule has 1 spiro atoms. The normalized spacial score (nSPS) is 18.3. The number of methoxy groups -OCH3 is 2. The monoisotopic (exact) mass is 506 g/mol. The van der Waals surface area contributed by atoms with Crippen LogP contribution in [-0.2, 0) is 4.74 Å². The molecule has 2 aromatic rings. The topological polar surface area (TPSA) is 68.2 Å². The SMILES string of the molecule is COc1cc(OC)c(Cl)c(-c2cc3c(c(N4CC5(CCOC5)C4)n2)=CNC(SC)=NC=3)c1Cl. The van der Waals surface area contributed by atoms with Crippen molar-refractivity contribution in [3.8, 4) is 22.8 Å². The number of benzene rings is 1. The molecule has 0 saturated carbocycles. The lowest BCUT2D eigenvalue weighted by Crippen LogP contribution is -2.59. The zero-order valence-corrected chi connectivity index (χ0v) is 20.9. The second-order valence-corrected chi connectivity index (χ2v) is 9.88. The third-order valence-electron chi connectivity index (χ3n) is 6.29. The maximum atomic E-state index is 6.72. The summed E-state index contributed by atoms with van der Waals surface area (Å²) in [7, 11) is 3.12. The fourth-order valence-corrected chi connectivity index (χ4v) is 5.55. The van der Waals surface area contributed by atoms with Crippen molar-refractivity contribution < 1.29 is 14.2 Å². The molecular weight excluding hydrogens is 483 g/mol. The van der Waals surface area contributed by atoms with Crippen LogP contribution in [0, 0.1) is 5.41 Å². The van der Waals surface area contributed by atoms with Crippen LogP contribution in [0.3, 0.4) is 0 Å². The number of thioether (sulfide) groups is 1. The molecule has 0 amide bonds. The van der Waals surface area contributed by atoms with Gasteiger partial charge in [0, 0.05) is 59.6 Å². The smallest absolute Gasteiger partial charge is 0.164 e. The molecule has 4 heterocycles. The van der Waals surface area contributed by atoms with Crippen molar-refractivity contribution in [2.75, 3.05) is 51.7 Å². The largest absolute Gasteiger partial charge is 0.495 e. The summed E-state index contributed by atoms with van der Waals surface area (Å²) in [6.07, 6.45) is 6.87. The van der Waals surface area contributed by atoms with Gasteiger partial charge in [-0.1, -0.05) is 35.0 Å². The summed E-state index contributed by atoms with van der Waals surface area (Å²) in [6, 6.07) is 3.63. The summed E-state index contributed by atoms with van der Waals surface area (Å²) in [5.41, 5.74) is 1.41. The molecule has 33 heavy (non-hydrogen) atoms. The van der Waals surface area contributed by atoms with Gasteiger partial charge >= 0.3 is 0 Å². The molecule has 7 nitrogen and oxygen atoms in total. The second kappa shape index (κ2) is 8.91. The lowest BCUT2D eigenvalue weighted by Gasteiger charge is -2.48. The lowest BCUT2D eigenvalue weighted by atomic mass is 9.79. The van der Waals surface area contributed by atoms with Crippen LogP contribution in [-0.4, -0.2) is 56.9 Å². The standard InChI is InChI=1S/C23H24Cl2N4O3S/c1-30-16-7-17(31-2)20(25)18(19(16)24)15-6-13-8-26-22(33-3)27-9-14(13)21(28-15)29-10-23(11-29)4-5-32-12-23/h6-9H,4-5,10-12H2,1-3H3,(H,26,27). The summed E-state index contributed by atoms with van der Waals surface area (Å²) in [5.74, 6) is 1.80. The van der Waals surface area contributed by atoms with E-state index >= 15 is 0 Å². The maximum Gasteiger partial charge on any atom is 0.164 e. The molecule has 1 aromatic heterocycles. The first-order valence-electron chi connectivity index (χ1n) is 10.5. The minimum absolute atomic E-state index is 0.210. The van der Waals surface area contributed by atoms with Crippen LogP contribution < -0.4 is 30.1 Å². The molecule has 10 heteroatoms. The van der Waals surface area contributed by atoms with Gasteiger partial charge < -0.3 is 24.4 Å². The Bertz CT molecular complexity index is 1230. The highest BCUT2D eigenvalue weighted by molar-refractivity contribution is 8.13. The second-order valence-electron chi connectivity index (χ2n) is 8.33. The highest BCUT2D eigenvalue weighted by Gasteiger charge is 2.46. The van der Waals surface area contributed by atoms with E-state index in [1.807, 2.05) is 24.7 Å². The van der Waals surface area contributed by atoms with Gasteiger partial charge in [-0.05, 0) is 18.7 Å². The van der Waals surface area contributed by atoms with Gasteiger partial charge in [0.1, 0.15) is 17.3 Å². The summed E-state index contributed by atoms with van der Waals surface area (Å²) in [6.45, 7) is 3.40. The van der Waals surface area contributed by atoms with E-state index in [1.165, 1.54) is 0 Å². The van der Waals surface area contributed by atoms with E-state index in [4.69, 9.17) is 42.4 Å². The van der Waals surface area contributed by atoms with Crippen LogP contribution in [0.1, 0.15) is 6.42 Å². The first-order chi connectivity index (χ1) is 16.0. The van der Waals surface area contributed by atoms with Crippen LogP contribution >= 0.6 is 35.0 Å². The Balaban J connectivity index is 1.70. The number of hydrogen-bond donors (Lipinski definition) is 1. The molecule has 0 atom stereocenters. The Kier molecular flexibility index (Phi) is 6.11. The molecule has 1 N–H and O–H groups in total. The molecule has 1 aromatic carbocycles. The van der Waals surface area contributed by atoms with E-state index in [0.29, 0.717) is 32.8 Å². The maximum absolute atomic E-state index is 6.72. The van der Waals surface area contributed by atoms with E-state index in [1.54, 1.807) is 32.0 Å². The summed E-state index contributed by atoms with van der Waals surface area (Å²) in [4.78, 5) is 11.9. The van der Waals surface area contributed by atoms with Crippen LogP contribution in [0.5, 0.6) is 11.5 Å². The number of rotatable bonds is 4. The van der Waals surface area contributed by atoms with Crippen LogP contribution in [0.25, 0.3) is 23.7 Å². The number of anilines is 1. The molecule has 2 fully saturated rings. The van der Waals surface area contributed by atoms with E-state index in [9.17, 15) is 0 Å². The van der Waals surface area contributed by atoms with Crippen molar-refractivity contribution >= 4 is 58.3 Å². The van der Waals surface area contributed by atoms with Gasteiger partial charge in [-0.15, -0.1) is 0 Å². The minimum Gasteiger partial charge on any atom is -0.495 e. The quantitative estimate of drug-likeness (QED) is 0.683. The van der Waals surface area contributed by atoms with Gasteiger partial charge in [-0.2, -0.15) is 0 Å². The van der Waals surface area contributed by atoms with E-state index in [-0.39, 0.29) is 5.41 Å². The van der Waals surface area contributed by atoms with Gasteiger partial charge in [0.25, 0.3) is 0 Å². The van der Waals surface area contributed by atoms with Crippen LogP contribution in [0.15, 0.2) is 17.1 Å². The highest BCUT2D eigenvalue weighted by atomic mass is 35.5. The molecule has 3 aliphatic rings. The number of halogens is 2. The number of amidine groups is 1. The van der Waals surface area contributed by atoms with Gasteiger partial charge in [0.05, 0.1) is 36.6 Å². The highest BCUT2D eigenvalue weighted by Crippen LogP contribution is 2.46. The number of aliphatic imine (C=N–C) groups is 1. The molecular formula is C23H24Cl2N4O3S. The Morgan fingerprint density at radius 2 is 1.88 bits per heavy atom. The van der Waals surface area contributed by atoms with Crippen molar-refractivity contribution in [2.45, 2.75) is 6.42 Å². The Morgan fingerprint density at radius 3 is 2.48 bits per heavy atom. The average molecular weight is 507 g/mol. The van der Waals surface area contributed by atoms with Crippen LogP contribution in [0.4, 0.5) is 5.82 Å². The number of nitrogens with zero attached hydrogens (tertiary/aromatic N) is 3. The third-order valence-corrected chi connectivity index (χ3v) is 7.65. The number of pyridine rings is 1. The minimum atomic E-state index is 0.210. The molecule has 0 unspecified atom stereocenters. The molecule has 0 aliphatic carbocycles. The molecule has 2 saturated heterocycles. The Labute approximate surface area is 206 Å². The zero-order chi connectivity index (χ0) is 23.2. The average Bonchev–Trinajstić information content (AvgIpc) is 3.20. The van der Waals surface area contributed by atoms with Gasteiger partial charge in [0.2, 0.25) is 0 Å². The summed E-state index contributed by atoms with van der Waals surface area (Å²) in [5, 5.41) is 6.75. The number of fused-ring (bicyclic) bond motifs is 1. The molecule has 0 radical (unpaired) electrons. The number of ether oxygens (including phenoxy) is 3. The van der Waals surface area contributed by atoms with Crippen molar-refractivity contribution in [1.29, 1.82) is 0 Å². The van der Waals surface area contributed by atoms with E-state index in [2.05, 4.69) is 15.2 Å². The van der Waals surface area contributed by atoms with Crippen molar-refractivity contribution in [2.24, 2.45) is 10.4 Å². The van der Waals surface area contributed by atoms with Crippen LogP contribution in [0.2, 0.25) is 10.0 Å². The fourth-order valence-electron chi connectivity index (χ4n) is 4.52. The predicted molar refractivity (Wildman–Crippen MR) is 135 cm³/mol. The van der Waals surface area contributed by atoms with Crippen molar-refractivity contribution in [3.63, 3.8) is 0 Å². The van der Waals surface area contributed by atoms with Gasteiger partial charge in [-0.3, -0.25) is 0 Å². The van der Waals surface area contributed by atoms with Crippen molar-refractivity contribution in [3.05, 3.63) is 32.6 Å². The molecule has 0 bridgehead atoms. The summed E-state index contributed by atoms with van der Waals surface area (Å²) < 4.78 is 16.6. The predicted octanol–water partition coefficient (Wildman–Crippen LogP) is 3.10. The number of hydrogen-bond acceptors (Lipinski definition) is 8. The zero-order valence-electron chi connectivity index (χ0n) is 18.6.